The molecule has 5 nitrogen and oxygen atoms in total. The van der Waals surface area contributed by atoms with Crippen LogP contribution in [0, 0.1) is 0 Å². The fourth-order valence-electron chi connectivity index (χ4n) is 5.53. The molecular formula is C28H29NO4. The highest BCUT2D eigenvalue weighted by Gasteiger charge is 2.42. The summed E-state index contributed by atoms with van der Waals surface area (Å²) in [4.78, 5) is 26.9. The molecule has 33 heavy (non-hydrogen) atoms. The summed E-state index contributed by atoms with van der Waals surface area (Å²) in [6.07, 6.45) is 4.93. The van der Waals surface area contributed by atoms with E-state index in [4.69, 9.17) is 4.74 Å². The summed E-state index contributed by atoms with van der Waals surface area (Å²) in [5.41, 5.74) is 4.54. The van der Waals surface area contributed by atoms with Crippen LogP contribution in [0.25, 0.3) is 0 Å². The average molecular weight is 444 g/mol. The Hall–Kier alpha value is -3.34. The zero-order valence-corrected chi connectivity index (χ0v) is 18.8. The molecule has 170 valence electrons. The van der Waals surface area contributed by atoms with Crippen LogP contribution >= 0.6 is 0 Å². The molecule has 0 amide bonds. The van der Waals surface area contributed by atoms with Gasteiger partial charge in [0.05, 0.1) is 5.57 Å². The molecule has 0 spiro atoms. The second-order valence-electron chi connectivity index (χ2n) is 9.33. The van der Waals surface area contributed by atoms with Crippen molar-refractivity contribution >= 4 is 11.8 Å². The molecule has 0 unspecified atom stereocenters. The molecule has 5 rings (SSSR count). The molecule has 2 N–H and O–H groups in total. The highest BCUT2D eigenvalue weighted by molar-refractivity contribution is 6.04. The number of aromatic hydroxyl groups is 1. The van der Waals surface area contributed by atoms with E-state index in [1.165, 1.54) is 0 Å². The van der Waals surface area contributed by atoms with E-state index < -0.39 is 5.92 Å². The molecule has 5 heteroatoms. The monoisotopic (exact) mass is 443 g/mol. The maximum atomic E-state index is 13.6. The molecule has 3 aliphatic rings. The molecule has 1 saturated carbocycles. The van der Waals surface area contributed by atoms with Gasteiger partial charge in [-0.1, -0.05) is 42.5 Å². The fourth-order valence-corrected chi connectivity index (χ4v) is 5.53. The third-order valence-corrected chi connectivity index (χ3v) is 7.10. The zero-order chi connectivity index (χ0) is 22.9. The summed E-state index contributed by atoms with van der Waals surface area (Å²) in [6.45, 7) is 1.88. The Labute approximate surface area is 194 Å². The summed E-state index contributed by atoms with van der Waals surface area (Å²) >= 11 is 0. The summed E-state index contributed by atoms with van der Waals surface area (Å²) in [6, 6.07) is 17.0. The van der Waals surface area contributed by atoms with Crippen molar-refractivity contribution in [1.82, 2.24) is 5.32 Å². The molecule has 0 saturated heterocycles. The molecular weight excluding hydrogens is 414 g/mol. The van der Waals surface area contributed by atoms with E-state index >= 15 is 0 Å². The van der Waals surface area contributed by atoms with E-state index in [0.29, 0.717) is 29.7 Å². The van der Waals surface area contributed by atoms with Gasteiger partial charge in [0, 0.05) is 29.3 Å². The van der Waals surface area contributed by atoms with Crippen LogP contribution in [0.3, 0.4) is 0 Å². The van der Waals surface area contributed by atoms with Gasteiger partial charge in [-0.05, 0) is 68.2 Å². The van der Waals surface area contributed by atoms with Crippen LogP contribution in [0.4, 0.5) is 0 Å². The molecule has 1 heterocycles. The van der Waals surface area contributed by atoms with Crippen LogP contribution in [0.1, 0.15) is 68.4 Å². The van der Waals surface area contributed by atoms with Gasteiger partial charge in [-0.15, -0.1) is 0 Å². The second kappa shape index (κ2) is 8.89. The highest BCUT2D eigenvalue weighted by atomic mass is 16.5. The Bertz CT molecular complexity index is 1140. The van der Waals surface area contributed by atoms with Gasteiger partial charge >= 0.3 is 5.97 Å². The topological polar surface area (TPSA) is 75.6 Å². The van der Waals surface area contributed by atoms with Crippen LogP contribution in [0.5, 0.6) is 5.75 Å². The Balaban J connectivity index is 1.55. The number of carbonyl (C=O) groups is 2. The molecule has 2 atom stereocenters. The number of carbonyl (C=O) groups excluding carboxylic acids is 2. The first-order valence-corrected chi connectivity index (χ1v) is 11.8. The molecule has 0 radical (unpaired) electrons. The van der Waals surface area contributed by atoms with Gasteiger partial charge in [0.25, 0.3) is 0 Å². The second-order valence-corrected chi connectivity index (χ2v) is 9.33. The largest absolute Gasteiger partial charge is 0.508 e. The first-order valence-electron chi connectivity index (χ1n) is 11.8. The van der Waals surface area contributed by atoms with Crippen LogP contribution in [-0.2, 0) is 14.3 Å². The van der Waals surface area contributed by atoms with Gasteiger partial charge in [-0.2, -0.15) is 0 Å². The number of nitrogens with one attached hydrogen (secondary N) is 1. The van der Waals surface area contributed by atoms with E-state index in [1.807, 2.05) is 31.2 Å². The minimum atomic E-state index is -0.550. The number of hydrogen-bond donors (Lipinski definition) is 2. The number of ketones is 1. The lowest BCUT2D eigenvalue weighted by Crippen LogP contribution is -2.36. The molecule has 2 aromatic rings. The summed E-state index contributed by atoms with van der Waals surface area (Å²) < 4.78 is 5.88. The Kier molecular flexibility index (Phi) is 5.79. The van der Waals surface area contributed by atoms with Gasteiger partial charge < -0.3 is 15.2 Å². The van der Waals surface area contributed by atoms with Crippen LogP contribution in [-0.4, -0.2) is 23.0 Å². The predicted molar refractivity (Wildman–Crippen MR) is 125 cm³/mol. The number of phenols is 1. The van der Waals surface area contributed by atoms with E-state index in [1.54, 1.807) is 18.2 Å². The van der Waals surface area contributed by atoms with Crippen LogP contribution < -0.4 is 5.32 Å². The van der Waals surface area contributed by atoms with Crippen molar-refractivity contribution in [1.29, 1.82) is 0 Å². The van der Waals surface area contributed by atoms with Gasteiger partial charge in [0.2, 0.25) is 0 Å². The Morgan fingerprint density at radius 2 is 1.73 bits per heavy atom. The SMILES string of the molecule is CC1=C(C(=O)OC2CCCC2)[C@@H](c2cccc(O)c2)C2=C(C[C@H](c3ccccc3)CC2=O)N1. The molecule has 0 bridgehead atoms. The lowest BCUT2D eigenvalue weighted by Gasteiger charge is -2.37. The van der Waals surface area contributed by atoms with E-state index in [2.05, 4.69) is 17.4 Å². The Morgan fingerprint density at radius 3 is 2.45 bits per heavy atom. The molecule has 1 fully saturated rings. The minimum absolute atomic E-state index is 0.0320. The lowest BCUT2D eigenvalue weighted by molar-refractivity contribution is -0.144. The van der Waals surface area contributed by atoms with E-state index in [9.17, 15) is 14.7 Å². The van der Waals surface area contributed by atoms with E-state index in [-0.39, 0.29) is 29.5 Å². The number of benzene rings is 2. The number of rotatable bonds is 4. The van der Waals surface area contributed by atoms with Crippen molar-refractivity contribution in [3.63, 3.8) is 0 Å². The zero-order valence-electron chi connectivity index (χ0n) is 18.8. The van der Waals surface area contributed by atoms with Crippen molar-refractivity contribution < 1.29 is 19.4 Å². The number of ether oxygens (including phenoxy) is 1. The minimum Gasteiger partial charge on any atom is -0.508 e. The summed E-state index contributed by atoms with van der Waals surface area (Å²) in [5.74, 6) is -0.685. The van der Waals surface area contributed by atoms with Gasteiger partial charge in [0.1, 0.15) is 11.9 Å². The third-order valence-electron chi connectivity index (χ3n) is 7.10. The lowest BCUT2D eigenvalue weighted by atomic mass is 9.71. The number of hydrogen-bond acceptors (Lipinski definition) is 5. The van der Waals surface area contributed by atoms with E-state index in [0.717, 1.165) is 42.5 Å². The van der Waals surface area contributed by atoms with Crippen molar-refractivity contribution in [2.75, 3.05) is 0 Å². The highest BCUT2D eigenvalue weighted by Crippen LogP contribution is 2.46. The predicted octanol–water partition coefficient (Wildman–Crippen LogP) is 5.24. The number of dihydropyridines is 1. The number of Topliss-reactive ketones (excluding diaryl/α,β-unsaturated/α-hetero) is 1. The van der Waals surface area contributed by atoms with Gasteiger partial charge in [-0.25, -0.2) is 4.79 Å². The first-order chi connectivity index (χ1) is 16.0. The Morgan fingerprint density at radius 1 is 1.00 bits per heavy atom. The van der Waals surface area contributed by atoms with Crippen LogP contribution in [0.15, 0.2) is 77.1 Å². The fraction of sp³-hybridized carbons (Fsp3) is 0.357. The number of esters is 1. The molecule has 2 aliphatic carbocycles. The standard InChI is InChI=1S/C28H29NO4/c1-17-25(28(32)33-22-12-5-6-13-22)26(19-10-7-11-21(30)14-19)27-23(29-17)15-20(16-24(27)31)18-8-3-2-4-9-18/h2-4,7-11,14,20,22,26,29-30H,5-6,12-13,15-16H2,1H3/t20-,26+/m0/s1. The van der Waals surface area contributed by atoms with Crippen molar-refractivity contribution in [3.05, 3.63) is 88.3 Å². The number of phenolic OH excluding ortho intramolecular Hbond substituents is 1. The summed E-state index contributed by atoms with van der Waals surface area (Å²) in [7, 11) is 0. The normalized spacial score (nSPS) is 23.4. The molecule has 2 aromatic carbocycles. The maximum absolute atomic E-state index is 13.6. The average Bonchev–Trinajstić information content (AvgIpc) is 3.31. The maximum Gasteiger partial charge on any atom is 0.337 e. The smallest absolute Gasteiger partial charge is 0.337 e. The first kappa shape index (κ1) is 21.5. The van der Waals surface area contributed by atoms with Crippen molar-refractivity contribution in [2.45, 2.75) is 63.4 Å². The van der Waals surface area contributed by atoms with Crippen LogP contribution in [0.2, 0.25) is 0 Å². The quantitative estimate of drug-likeness (QED) is 0.632. The molecule has 1 aliphatic heterocycles. The van der Waals surface area contributed by atoms with Crippen molar-refractivity contribution in [3.8, 4) is 5.75 Å². The van der Waals surface area contributed by atoms with Crippen molar-refractivity contribution in [2.24, 2.45) is 0 Å². The molecule has 0 aromatic heterocycles. The third kappa shape index (κ3) is 4.20. The van der Waals surface area contributed by atoms with Gasteiger partial charge in [-0.3, -0.25) is 4.79 Å². The summed E-state index contributed by atoms with van der Waals surface area (Å²) in [5, 5.41) is 13.6. The van der Waals surface area contributed by atoms with Gasteiger partial charge in [0.15, 0.2) is 5.78 Å². The number of allylic oxidation sites excluding steroid dienone is 3.